The Labute approximate surface area is 170 Å². The second kappa shape index (κ2) is 8.21. The van der Waals surface area contributed by atoms with Gasteiger partial charge in [-0.05, 0) is 60.9 Å². The fourth-order valence-electron chi connectivity index (χ4n) is 3.73. The molecule has 5 heteroatoms. The molecule has 1 amide bonds. The van der Waals surface area contributed by atoms with E-state index in [1.165, 1.54) is 29.2 Å². The number of aliphatic hydroxyl groups excluding tert-OH is 1. The Morgan fingerprint density at radius 2 is 1.55 bits per heavy atom. The lowest BCUT2D eigenvalue weighted by atomic mass is 9.91. The molecule has 3 aromatic carbocycles. The molecule has 0 radical (unpaired) electrons. The molecule has 3 aromatic rings. The van der Waals surface area contributed by atoms with Crippen molar-refractivity contribution < 1.29 is 19.4 Å². The fraction of sp³-hybridized carbons (Fsp3) is 0.292. The van der Waals surface area contributed by atoms with Gasteiger partial charge < -0.3 is 10.2 Å². The zero-order valence-corrected chi connectivity index (χ0v) is 16.8. The lowest BCUT2D eigenvalue weighted by Gasteiger charge is -2.40. The zero-order valence-electron chi connectivity index (χ0n) is 16.8. The molecule has 0 saturated carbocycles. The highest BCUT2D eigenvalue weighted by Crippen LogP contribution is 2.37. The highest BCUT2D eigenvalue weighted by molar-refractivity contribution is 5.83. The molecule has 0 heterocycles. The van der Waals surface area contributed by atoms with Gasteiger partial charge >= 0.3 is 6.09 Å². The van der Waals surface area contributed by atoms with E-state index in [-0.39, 0.29) is 12.2 Å². The minimum absolute atomic E-state index is 0.160. The van der Waals surface area contributed by atoms with Gasteiger partial charge in [-0.1, -0.05) is 48.5 Å². The third kappa shape index (κ3) is 4.74. The summed E-state index contributed by atoms with van der Waals surface area (Å²) in [6, 6.07) is 18.8. The van der Waals surface area contributed by atoms with Gasteiger partial charge in [0.2, 0.25) is 0 Å². The Kier molecular flexibility index (Phi) is 5.89. The number of carbonyl (C=O) groups is 1. The number of aliphatic hydroxyl groups is 1. The van der Waals surface area contributed by atoms with E-state index in [0.29, 0.717) is 5.56 Å². The van der Waals surface area contributed by atoms with Crippen molar-refractivity contribution in [3.8, 4) is 0 Å². The summed E-state index contributed by atoms with van der Waals surface area (Å²) < 4.78 is 13.2. The molecule has 2 unspecified atom stereocenters. The standard InChI is InChI=1S/C24H26FNO3/c1-24(2,3)26(23(28)29)21(15-22(27)17-10-12-20(25)13-11-17)19-9-8-16-6-4-5-7-18(16)14-19/h4-14,21-22,27H,15H2,1-3H3,(H,28,29). The van der Waals surface area contributed by atoms with Crippen LogP contribution in [0.5, 0.6) is 0 Å². The summed E-state index contributed by atoms with van der Waals surface area (Å²) in [5.41, 5.74) is 0.684. The molecule has 0 spiro atoms. The van der Waals surface area contributed by atoms with Crippen LogP contribution < -0.4 is 0 Å². The van der Waals surface area contributed by atoms with Crippen LogP contribution in [-0.2, 0) is 0 Å². The summed E-state index contributed by atoms with van der Waals surface area (Å²) >= 11 is 0. The first-order valence-corrected chi connectivity index (χ1v) is 9.61. The summed E-state index contributed by atoms with van der Waals surface area (Å²) in [6.45, 7) is 5.50. The zero-order chi connectivity index (χ0) is 21.2. The third-order valence-corrected chi connectivity index (χ3v) is 5.10. The van der Waals surface area contributed by atoms with Gasteiger partial charge in [0.05, 0.1) is 12.1 Å². The van der Waals surface area contributed by atoms with Gasteiger partial charge in [-0.3, -0.25) is 4.90 Å². The van der Waals surface area contributed by atoms with Crippen molar-refractivity contribution in [2.45, 2.75) is 44.9 Å². The second-order valence-corrected chi connectivity index (χ2v) is 8.25. The van der Waals surface area contributed by atoms with Gasteiger partial charge in [0, 0.05) is 12.0 Å². The second-order valence-electron chi connectivity index (χ2n) is 8.25. The van der Waals surface area contributed by atoms with Crippen molar-refractivity contribution in [3.63, 3.8) is 0 Å². The topological polar surface area (TPSA) is 60.8 Å². The van der Waals surface area contributed by atoms with Crippen LogP contribution in [0.25, 0.3) is 10.8 Å². The monoisotopic (exact) mass is 395 g/mol. The number of rotatable bonds is 5. The van der Waals surface area contributed by atoms with E-state index in [4.69, 9.17) is 0 Å². The van der Waals surface area contributed by atoms with Crippen molar-refractivity contribution >= 4 is 16.9 Å². The summed E-state index contributed by atoms with van der Waals surface area (Å²) in [5, 5.41) is 22.8. The first kappa shape index (κ1) is 20.8. The van der Waals surface area contributed by atoms with E-state index < -0.39 is 23.8 Å². The highest BCUT2D eigenvalue weighted by atomic mass is 19.1. The molecular weight excluding hydrogens is 369 g/mol. The smallest absolute Gasteiger partial charge is 0.408 e. The van der Waals surface area contributed by atoms with Crippen LogP contribution in [0, 0.1) is 5.82 Å². The molecule has 0 bridgehead atoms. The number of hydrogen-bond acceptors (Lipinski definition) is 2. The van der Waals surface area contributed by atoms with E-state index in [1.807, 2.05) is 63.2 Å². The molecule has 2 N–H and O–H groups in total. The van der Waals surface area contributed by atoms with Crippen LogP contribution in [-0.4, -0.2) is 26.7 Å². The molecule has 0 aliphatic carbocycles. The van der Waals surface area contributed by atoms with Gasteiger partial charge in [-0.15, -0.1) is 0 Å². The summed E-state index contributed by atoms with van der Waals surface area (Å²) in [4.78, 5) is 13.6. The van der Waals surface area contributed by atoms with Gasteiger partial charge in [0.15, 0.2) is 0 Å². The van der Waals surface area contributed by atoms with Gasteiger partial charge in [0.25, 0.3) is 0 Å². The Morgan fingerprint density at radius 1 is 0.966 bits per heavy atom. The number of nitrogens with zero attached hydrogens (tertiary/aromatic N) is 1. The van der Waals surface area contributed by atoms with E-state index >= 15 is 0 Å². The van der Waals surface area contributed by atoms with Crippen LogP contribution in [0.1, 0.15) is 50.5 Å². The number of benzene rings is 3. The summed E-state index contributed by atoms with van der Waals surface area (Å²) in [6.07, 6.45) is -1.83. The molecule has 0 aliphatic rings. The SMILES string of the molecule is CC(C)(C)N(C(=O)O)C(CC(O)c1ccc(F)cc1)c1ccc2ccccc2c1. The van der Waals surface area contributed by atoms with Gasteiger partial charge in [0.1, 0.15) is 5.82 Å². The predicted molar refractivity (Wildman–Crippen MR) is 112 cm³/mol. The van der Waals surface area contributed by atoms with Crippen LogP contribution in [0.15, 0.2) is 66.7 Å². The summed E-state index contributed by atoms with van der Waals surface area (Å²) in [7, 11) is 0. The Bertz CT molecular complexity index is 995. The molecule has 4 nitrogen and oxygen atoms in total. The van der Waals surface area contributed by atoms with Crippen LogP contribution >= 0.6 is 0 Å². The molecule has 0 saturated heterocycles. The van der Waals surface area contributed by atoms with E-state index in [9.17, 15) is 19.4 Å². The third-order valence-electron chi connectivity index (χ3n) is 5.10. The first-order valence-electron chi connectivity index (χ1n) is 9.61. The molecular formula is C24H26FNO3. The molecule has 0 fully saturated rings. The number of amides is 1. The number of halogens is 1. The van der Waals surface area contributed by atoms with E-state index in [2.05, 4.69) is 0 Å². The normalized spacial score (nSPS) is 13.8. The lowest BCUT2D eigenvalue weighted by molar-refractivity contribution is 0.0441. The van der Waals surface area contributed by atoms with Crippen molar-refractivity contribution in [2.24, 2.45) is 0 Å². The van der Waals surface area contributed by atoms with Crippen LogP contribution in [0.2, 0.25) is 0 Å². The molecule has 29 heavy (non-hydrogen) atoms. The molecule has 3 rings (SSSR count). The van der Waals surface area contributed by atoms with Crippen molar-refractivity contribution in [2.75, 3.05) is 0 Å². The maximum absolute atomic E-state index is 13.2. The number of fused-ring (bicyclic) bond motifs is 1. The first-order chi connectivity index (χ1) is 13.7. The quantitative estimate of drug-likeness (QED) is 0.563. The van der Waals surface area contributed by atoms with Crippen molar-refractivity contribution in [1.82, 2.24) is 4.90 Å². The van der Waals surface area contributed by atoms with Crippen molar-refractivity contribution in [1.29, 1.82) is 0 Å². The van der Waals surface area contributed by atoms with Gasteiger partial charge in [-0.25, -0.2) is 9.18 Å². The van der Waals surface area contributed by atoms with Crippen molar-refractivity contribution in [3.05, 3.63) is 83.7 Å². The molecule has 2 atom stereocenters. The molecule has 152 valence electrons. The average Bonchev–Trinajstić information content (AvgIpc) is 2.66. The predicted octanol–water partition coefficient (Wildman–Crippen LogP) is 5.92. The lowest BCUT2D eigenvalue weighted by Crippen LogP contribution is -2.47. The molecule has 0 aliphatic heterocycles. The Hall–Kier alpha value is -2.92. The Balaban J connectivity index is 2.04. The maximum atomic E-state index is 13.2. The average molecular weight is 395 g/mol. The maximum Gasteiger partial charge on any atom is 0.408 e. The minimum atomic E-state index is -1.05. The highest BCUT2D eigenvalue weighted by Gasteiger charge is 2.35. The summed E-state index contributed by atoms with van der Waals surface area (Å²) in [5.74, 6) is -0.381. The van der Waals surface area contributed by atoms with E-state index in [1.54, 1.807) is 0 Å². The molecule has 0 aromatic heterocycles. The van der Waals surface area contributed by atoms with Crippen LogP contribution in [0.3, 0.4) is 0 Å². The number of hydrogen-bond donors (Lipinski definition) is 2. The largest absolute Gasteiger partial charge is 0.465 e. The van der Waals surface area contributed by atoms with Gasteiger partial charge in [-0.2, -0.15) is 0 Å². The van der Waals surface area contributed by atoms with E-state index in [0.717, 1.165) is 16.3 Å². The van der Waals surface area contributed by atoms with Crippen LogP contribution in [0.4, 0.5) is 9.18 Å². The fourth-order valence-corrected chi connectivity index (χ4v) is 3.73. The Morgan fingerprint density at radius 3 is 2.14 bits per heavy atom. The minimum Gasteiger partial charge on any atom is -0.465 e. The number of carboxylic acid groups (broad SMARTS) is 1.